The van der Waals surface area contributed by atoms with Gasteiger partial charge >= 0.3 is 5.97 Å². The van der Waals surface area contributed by atoms with Crippen molar-refractivity contribution in [3.63, 3.8) is 0 Å². The Balaban J connectivity index is 2.20. The predicted molar refractivity (Wildman–Crippen MR) is 83.9 cm³/mol. The van der Waals surface area contributed by atoms with Crippen molar-refractivity contribution < 1.29 is 9.90 Å². The van der Waals surface area contributed by atoms with Gasteiger partial charge in [0.25, 0.3) is 0 Å². The molecule has 1 fully saturated rings. The summed E-state index contributed by atoms with van der Waals surface area (Å²) in [5, 5.41) is 18.1. The molecule has 0 unspecified atom stereocenters. The molecular weight excluding hydrogens is 288 g/mol. The zero-order valence-corrected chi connectivity index (χ0v) is 13.8. The Labute approximate surface area is 129 Å². The molecule has 1 aromatic heterocycles. The highest BCUT2D eigenvalue weighted by molar-refractivity contribution is 7.99. The normalized spacial score (nSPS) is 18.0. The van der Waals surface area contributed by atoms with E-state index in [1.807, 2.05) is 0 Å². The van der Waals surface area contributed by atoms with Crippen LogP contribution in [0.4, 0.5) is 5.95 Å². The number of carbonyl (C=O) groups is 1. The molecule has 0 aliphatic carbocycles. The minimum Gasteiger partial charge on any atom is -0.481 e. The molecule has 0 radical (unpaired) electrons. The van der Waals surface area contributed by atoms with Crippen molar-refractivity contribution >= 4 is 23.7 Å². The minimum absolute atomic E-state index is 0.0212. The molecule has 1 N–H and O–H groups in total. The third kappa shape index (κ3) is 4.12. The smallest absolute Gasteiger partial charge is 0.313 e. The van der Waals surface area contributed by atoms with Crippen molar-refractivity contribution in [2.45, 2.75) is 51.7 Å². The fraction of sp³-hybridized carbons (Fsp3) is 0.786. The van der Waals surface area contributed by atoms with Crippen molar-refractivity contribution in [1.82, 2.24) is 14.8 Å². The second-order valence-electron chi connectivity index (χ2n) is 6.31. The van der Waals surface area contributed by atoms with Crippen LogP contribution < -0.4 is 4.90 Å². The summed E-state index contributed by atoms with van der Waals surface area (Å²) in [4.78, 5) is 13.0. The summed E-state index contributed by atoms with van der Waals surface area (Å²) in [5.41, 5.74) is 0.287. The first-order valence-corrected chi connectivity index (χ1v) is 8.44. The molecule has 7 heteroatoms. The van der Waals surface area contributed by atoms with E-state index in [4.69, 9.17) is 5.11 Å². The fourth-order valence-corrected chi connectivity index (χ4v) is 3.44. The number of hydrogen-bond acceptors (Lipinski definition) is 5. The van der Waals surface area contributed by atoms with Crippen LogP contribution in [0.2, 0.25) is 0 Å². The number of hydrogen-bond donors (Lipinski definition) is 1. The van der Waals surface area contributed by atoms with Crippen LogP contribution in [0.1, 0.15) is 40.0 Å². The van der Waals surface area contributed by atoms with Gasteiger partial charge in [0.1, 0.15) is 0 Å². The summed E-state index contributed by atoms with van der Waals surface area (Å²) in [7, 11) is 0. The largest absolute Gasteiger partial charge is 0.481 e. The number of rotatable bonds is 6. The monoisotopic (exact) mass is 312 g/mol. The predicted octanol–water partition coefficient (Wildman–Crippen LogP) is 2.49. The Morgan fingerprint density at radius 2 is 2.19 bits per heavy atom. The van der Waals surface area contributed by atoms with Gasteiger partial charge in [-0.2, -0.15) is 0 Å². The Bertz CT molecular complexity index is 501. The second kappa shape index (κ2) is 6.68. The van der Waals surface area contributed by atoms with Gasteiger partial charge in [-0.05, 0) is 24.7 Å². The summed E-state index contributed by atoms with van der Waals surface area (Å²) < 4.78 is 2.06. The lowest BCUT2D eigenvalue weighted by molar-refractivity contribution is -0.133. The lowest BCUT2D eigenvalue weighted by Crippen LogP contribution is -2.41. The highest BCUT2D eigenvalue weighted by atomic mass is 32.2. The molecule has 2 heterocycles. The number of carboxylic acid groups (broad SMARTS) is 1. The highest BCUT2D eigenvalue weighted by Gasteiger charge is 2.29. The Kier molecular flexibility index (Phi) is 5.13. The van der Waals surface area contributed by atoms with E-state index in [-0.39, 0.29) is 11.2 Å². The molecule has 0 bridgehead atoms. The molecule has 118 valence electrons. The fourth-order valence-electron chi connectivity index (χ4n) is 2.76. The van der Waals surface area contributed by atoms with Crippen molar-refractivity contribution in [1.29, 1.82) is 0 Å². The van der Waals surface area contributed by atoms with E-state index in [0.717, 1.165) is 38.4 Å². The van der Waals surface area contributed by atoms with E-state index in [1.54, 1.807) is 0 Å². The number of thioether (sulfide) groups is 1. The molecule has 0 aromatic carbocycles. The van der Waals surface area contributed by atoms with Gasteiger partial charge in [0.2, 0.25) is 5.95 Å². The number of aromatic nitrogens is 3. The Morgan fingerprint density at radius 1 is 1.43 bits per heavy atom. The summed E-state index contributed by atoms with van der Waals surface area (Å²) in [6.07, 6.45) is 3.36. The molecule has 0 spiro atoms. The van der Waals surface area contributed by atoms with Gasteiger partial charge in [-0.1, -0.05) is 32.5 Å². The average molecular weight is 312 g/mol. The van der Waals surface area contributed by atoms with E-state index < -0.39 is 5.97 Å². The van der Waals surface area contributed by atoms with Gasteiger partial charge in [0.05, 0.1) is 5.75 Å². The van der Waals surface area contributed by atoms with Gasteiger partial charge < -0.3 is 10.0 Å². The van der Waals surface area contributed by atoms with Gasteiger partial charge in [-0.15, -0.1) is 10.2 Å². The molecule has 1 aromatic rings. The van der Waals surface area contributed by atoms with Crippen LogP contribution >= 0.6 is 11.8 Å². The third-order valence-corrected chi connectivity index (χ3v) is 4.60. The zero-order valence-electron chi connectivity index (χ0n) is 13.0. The molecule has 0 saturated carbocycles. The molecular formula is C14H24N4O2S. The van der Waals surface area contributed by atoms with Crippen LogP contribution in [-0.4, -0.2) is 44.7 Å². The van der Waals surface area contributed by atoms with Gasteiger partial charge in [-0.3, -0.25) is 9.36 Å². The first-order chi connectivity index (χ1) is 9.93. The van der Waals surface area contributed by atoms with Crippen molar-refractivity contribution in [2.24, 2.45) is 5.41 Å². The number of anilines is 1. The standard InChI is InChI=1S/C14H24N4O2S/c1-4-7-18-12(15-16-13(18)21-9-11(19)20)17-8-5-6-14(2,3)10-17/h4-10H2,1-3H3,(H,19,20). The zero-order chi connectivity index (χ0) is 15.5. The molecule has 2 rings (SSSR count). The number of piperidine rings is 1. The quantitative estimate of drug-likeness (QED) is 0.814. The molecule has 1 saturated heterocycles. The summed E-state index contributed by atoms with van der Waals surface area (Å²) in [6, 6.07) is 0. The van der Waals surface area contributed by atoms with E-state index in [9.17, 15) is 4.79 Å². The maximum Gasteiger partial charge on any atom is 0.313 e. The lowest BCUT2D eigenvalue weighted by atomic mass is 9.84. The van der Waals surface area contributed by atoms with Crippen LogP contribution in [0.25, 0.3) is 0 Å². The van der Waals surface area contributed by atoms with Gasteiger partial charge in [0.15, 0.2) is 5.16 Å². The third-order valence-electron chi connectivity index (χ3n) is 3.65. The van der Waals surface area contributed by atoms with E-state index in [1.165, 1.54) is 18.2 Å². The number of carboxylic acids is 1. The minimum atomic E-state index is -0.827. The van der Waals surface area contributed by atoms with Crippen LogP contribution in [0, 0.1) is 5.41 Å². The Morgan fingerprint density at radius 3 is 2.81 bits per heavy atom. The number of aliphatic carboxylic acids is 1. The first kappa shape index (κ1) is 16.1. The molecule has 21 heavy (non-hydrogen) atoms. The van der Waals surface area contributed by atoms with Crippen LogP contribution in [0.15, 0.2) is 5.16 Å². The van der Waals surface area contributed by atoms with E-state index in [2.05, 4.69) is 40.4 Å². The Hall–Kier alpha value is -1.24. The first-order valence-electron chi connectivity index (χ1n) is 7.46. The van der Waals surface area contributed by atoms with Gasteiger partial charge in [0, 0.05) is 19.6 Å². The highest BCUT2D eigenvalue weighted by Crippen LogP contribution is 2.32. The lowest BCUT2D eigenvalue weighted by Gasteiger charge is -2.38. The molecule has 6 nitrogen and oxygen atoms in total. The molecule has 1 aliphatic heterocycles. The maximum absolute atomic E-state index is 10.7. The van der Waals surface area contributed by atoms with Crippen molar-refractivity contribution in [3.05, 3.63) is 0 Å². The second-order valence-corrected chi connectivity index (χ2v) is 7.25. The van der Waals surface area contributed by atoms with E-state index >= 15 is 0 Å². The van der Waals surface area contributed by atoms with E-state index in [0.29, 0.717) is 5.16 Å². The average Bonchev–Trinajstić information content (AvgIpc) is 2.79. The van der Waals surface area contributed by atoms with Crippen molar-refractivity contribution in [3.8, 4) is 0 Å². The SMILES string of the molecule is CCCn1c(SCC(=O)O)nnc1N1CCCC(C)(C)C1. The summed E-state index contributed by atoms with van der Waals surface area (Å²) >= 11 is 1.24. The van der Waals surface area contributed by atoms with Crippen molar-refractivity contribution in [2.75, 3.05) is 23.7 Å². The molecule has 1 aliphatic rings. The maximum atomic E-state index is 10.7. The van der Waals surface area contributed by atoms with Crippen LogP contribution in [-0.2, 0) is 11.3 Å². The van der Waals surface area contributed by atoms with Crippen LogP contribution in [0.5, 0.6) is 0 Å². The molecule has 0 amide bonds. The summed E-state index contributed by atoms with van der Waals surface area (Å²) in [6.45, 7) is 9.45. The summed E-state index contributed by atoms with van der Waals surface area (Å²) in [5.74, 6) is 0.0806. The number of nitrogens with zero attached hydrogens (tertiary/aromatic N) is 4. The molecule has 0 atom stereocenters. The topological polar surface area (TPSA) is 71.2 Å². The van der Waals surface area contributed by atoms with Gasteiger partial charge in [-0.25, -0.2) is 0 Å². The van der Waals surface area contributed by atoms with Crippen LogP contribution in [0.3, 0.4) is 0 Å².